The van der Waals surface area contributed by atoms with Gasteiger partial charge in [0, 0.05) is 18.8 Å². The monoisotopic (exact) mass is 293 g/mol. The van der Waals surface area contributed by atoms with Gasteiger partial charge in [0.1, 0.15) is 0 Å². The zero-order chi connectivity index (χ0) is 15.4. The van der Waals surface area contributed by atoms with E-state index in [0.717, 1.165) is 51.9 Å². The van der Waals surface area contributed by atoms with E-state index in [2.05, 4.69) is 43.4 Å². The van der Waals surface area contributed by atoms with Gasteiger partial charge in [-0.2, -0.15) is 0 Å². The Morgan fingerprint density at radius 2 is 1.86 bits per heavy atom. The summed E-state index contributed by atoms with van der Waals surface area (Å²) in [4.78, 5) is 0. The number of aliphatic hydroxyl groups is 1. The summed E-state index contributed by atoms with van der Waals surface area (Å²) in [6.07, 6.45) is 5.16. The van der Waals surface area contributed by atoms with Crippen molar-refractivity contribution in [2.75, 3.05) is 26.4 Å². The van der Waals surface area contributed by atoms with Crippen molar-refractivity contribution < 1.29 is 9.84 Å². The molecule has 21 heavy (non-hydrogen) atoms. The molecule has 1 aromatic rings. The van der Waals surface area contributed by atoms with Crippen molar-refractivity contribution in [2.45, 2.75) is 51.5 Å². The number of hydrogen-bond donors (Lipinski definition) is 2. The fraction of sp³-hybridized carbons (Fsp3) is 0.667. The highest BCUT2D eigenvalue weighted by atomic mass is 16.5. The highest BCUT2D eigenvalue weighted by Crippen LogP contribution is 2.12. The lowest BCUT2D eigenvalue weighted by atomic mass is 9.97. The quantitative estimate of drug-likeness (QED) is 0.582. The number of hydrogen-bond acceptors (Lipinski definition) is 3. The van der Waals surface area contributed by atoms with Crippen LogP contribution in [0.1, 0.15) is 45.1 Å². The second kappa shape index (κ2) is 10.8. The lowest BCUT2D eigenvalue weighted by Gasteiger charge is -2.28. The molecule has 1 rings (SSSR count). The van der Waals surface area contributed by atoms with E-state index in [1.807, 2.05) is 6.07 Å². The number of ether oxygens (including phenoxy) is 1. The van der Waals surface area contributed by atoms with Gasteiger partial charge in [-0.25, -0.2) is 0 Å². The molecule has 0 aliphatic rings. The first-order valence-electron chi connectivity index (χ1n) is 8.18. The molecule has 3 nitrogen and oxygen atoms in total. The molecule has 2 N–H and O–H groups in total. The largest absolute Gasteiger partial charge is 0.394 e. The standard InChI is InChI=1S/C18H31NO2/c1-3-13-19-18(2,16-20)12-8-15-21-14-7-11-17-9-5-4-6-10-17/h4-6,9-10,19-20H,3,7-8,11-16H2,1-2H3. The van der Waals surface area contributed by atoms with Crippen LogP contribution < -0.4 is 5.32 Å². The molecule has 0 saturated carbocycles. The van der Waals surface area contributed by atoms with Gasteiger partial charge < -0.3 is 15.2 Å². The van der Waals surface area contributed by atoms with Gasteiger partial charge in [0.25, 0.3) is 0 Å². The van der Waals surface area contributed by atoms with Gasteiger partial charge in [0.2, 0.25) is 0 Å². The van der Waals surface area contributed by atoms with Crippen molar-refractivity contribution in [3.8, 4) is 0 Å². The first kappa shape index (κ1) is 18.1. The molecule has 0 heterocycles. The number of aryl methyl sites for hydroxylation is 1. The Labute approximate surface area is 129 Å². The summed E-state index contributed by atoms with van der Waals surface area (Å²) in [6, 6.07) is 10.5. The van der Waals surface area contributed by atoms with E-state index in [1.165, 1.54) is 5.56 Å². The Hall–Kier alpha value is -0.900. The minimum atomic E-state index is -0.163. The highest BCUT2D eigenvalue weighted by Gasteiger charge is 2.21. The van der Waals surface area contributed by atoms with Crippen LogP contribution in [0.4, 0.5) is 0 Å². The van der Waals surface area contributed by atoms with Crippen LogP contribution in [-0.4, -0.2) is 37.0 Å². The van der Waals surface area contributed by atoms with Crippen molar-refractivity contribution in [3.05, 3.63) is 35.9 Å². The van der Waals surface area contributed by atoms with Crippen molar-refractivity contribution in [2.24, 2.45) is 0 Å². The molecule has 120 valence electrons. The van der Waals surface area contributed by atoms with Gasteiger partial charge in [-0.1, -0.05) is 37.3 Å². The molecular formula is C18H31NO2. The summed E-state index contributed by atoms with van der Waals surface area (Å²) >= 11 is 0. The normalized spacial score (nSPS) is 14.0. The van der Waals surface area contributed by atoms with Crippen LogP contribution in [0.3, 0.4) is 0 Å². The van der Waals surface area contributed by atoms with Gasteiger partial charge in [0.15, 0.2) is 0 Å². The topological polar surface area (TPSA) is 41.5 Å². The van der Waals surface area contributed by atoms with Gasteiger partial charge in [0.05, 0.1) is 6.61 Å². The maximum absolute atomic E-state index is 9.48. The molecule has 0 aliphatic carbocycles. The van der Waals surface area contributed by atoms with E-state index in [-0.39, 0.29) is 12.1 Å². The van der Waals surface area contributed by atoms with Gasteiger partial charge in [-0.15, -0.1) is 0 Å². The van der Waals surface area contributed by atoms with E-state index in [0.29, 0.717) is 0 Å². The summed E-state index contributed by atoms with van der Waals surface area (Å²) in [5.74, 6) is 0. The predicted octanol–water partition coefficient (Wildman–Crippen LogP) is 3.17. The third-order valence-corrected chi connectivity index (χ3v) is 3.76. The molecule has 3 heteroatoms. The first-order valence-corrected chi connectivity index (χ1v) is 8.18. The summed E-state index contributed by atoms with van der Waals surface area (Å²) < 4.78 is 5.69. The molecule has 1 unspecified atom stereocenters. The Bertz CT molecular complexity index is 355. The van der Waals surface area contributed by atoms with Crippen LogP contribution in [0.25, 0.3) is 0 Å². The molecule has 0 spiro atoms. The molecule has 0 fully saturated rings. The molecule has 1 atom stereocenters. The molecule has 0 amide bonds. The van der Waals surface area contributed by atoms with Crippen molar-refractivity contribution in [1.82, 2.24) is 5.32 Å². The molecule has 0 saturated heterocycles. The number of benzene rings is 1. The number of aliphatic hydroxyl groups excluding tert-OH is 1. The fourth-order valence-electron chi connectivity index (χ4n) is 2.34. The lowest BCUT2D eigenvalue weighted by molar-refractivity contribution is 0.108. The van der Waals surface area contributed by atoms with Crippen LogP contribution in [-0.2, 0) is 11.2 Å². The molecule has 0 bridgehead atoms. The van der Waals surface area contributed by atoms with E-state index >= 15 is 0 Å². The molecule has 0 aliphatic heterocycles. The Balaban J connectivity index is 2.03. The minimum Gasteiger partial charge on any atom is -0.394 e. The number of rotatable bonds is 12. The smallest absolute Gasteiger partial charge is 0.0610 e. The van der Waals surface area contributed by atoms with Crippen LogP contribution in [0.15, 0.2) is 30.3 Å². The van der Waals surface area contributed by atoms with Crippen molar-refractivity contribution >= 4 is 0 Å². The van der Waals surface area contributed by atoms with Crippen molar-refractivity contribution in [3.63, 3.8) is 0 Å². The zero-order valence-corrected chi connectivity index (χ0v) is 13.6. The van der Waals surface area contributed by atoms with Gasteiger partial charge in [-0.05, 0) is 51.1 Å². The fourth-order valence-corrected chi connectivity index (χ4v) is 2.34. The Morgan fingerprint density at radius 3 is 2.52 bits per heavy atom. The second-order valence-electron chi connectivity index (χ2n) is 5.95. The highest BCUT2D eigenvalue weighted by molar-refractivity contribution is 5.14. The summed E-state index contributed by atoms with van der Waals surface area (Å²) in [6.45, 7) is 6.94. The third kappa shape index (κ3) is 8.20. The maximum Gasteiger partial charge on any atom is 0.0610 e. The van der Waals surface area contributed by atoms with E-state index in [9.17, 15) is 5.11 Å². The average Bonchev–Trinajstić information content (AvgIpc) is 2.53. The third-order valence-electron chi connectivity index (χ3n) is 3.76. The molecular weight excluding hydrogens is 262 g/mol. The van der Waals surface area contributed by atoms with Gasteiger partial charge >= 0.3 is 0 Å². The van der Waals surface area contributed by atoms with Gasteiger partial charge in [-0.3, -0.25) is 0 Å². The molecule has 1 aromatic carbocycles. The summed E-state index contributed by atoms with van der Waals surface area (Å²) in [5.41, 5.74) is 1.21. The first-order chi connectivity index (χ1) is 10.2. The summed E-state index contributed by atoms with van der Waals surface area (Å²) in [7, 11) is 0. The lowest BCUT2D eigenvalue weighted by Crippen LogP contribution is -2.46. The van der Waals surface area contributed by atoms with E-state index in [1.54, 1.807) is 0 Å². The Morgan fingerprint density at radius 1 is 1.14 bits per heavy atom. The SMILES string of the molecule is CCCNC(C)(CO)CCCOCCCc1ccccc1. The minimum absolute atomic E-state index is 0.163. The second-order valence-corrected chi connectivity index (χ2v) is 5.95. The van der Waals surface area contributed by atoms with Crippen molar-refractivity contribution in [1.29, 1.82) is 0 Å². The Kier molecular flexibility index (Phi) is 9.31. The maximum atomic E-state index is 9.48. The van der Waals surface area contributed by atoms with Crippen LogP contribution in [0.2, 0.25) is 0 Å². The van der Waals surface area contributed by atoms with Crippen LogP contribution in [0.5, 0.6) is 0 Å². The molecule has 0 radical (unpaired) electrons. The zero-order valence-electron chi connectivity index (χ0n) is 13.6. The van der Waals surface area contributed by atoms with E-state index in [4.69, 9.17) is 4.74 Å². The molecule has 0 aromatic heterocycles. The number of nitrogens with one attached hydrogen (secondary N) is 1. The summed E-state index contributed by atoms with van der Waals surface area (Å²) in [5, 5.41) is 12.9. The predicted molar refractivity (Wildman–Crippen MR) is 88.6 cm³/mol. The van der Waals surface area contributed by atoms with E-state index < -0.39 is 0 Å². The van der Waals surface area contributed by atoms with Crippen LogP contribution >= 0.6 is 0 Å². The average molecular weight is 293 g/mol. The van der Waals surface area contributed by atoms with Crippen LogP contribution in [0, 0.1) is 0 Å².